The molecule has 0 aliphatic heterocycles. The Kier molecular flexibility index (Phi) is 3.93. The van der Waals surface area contributed by atoms with E-state index in [1.165, 1.54) is 41.7 Å². The number of hydrogen-bond acceptors (Lipinski definition) is 2. The Hall–Kier alpha value is -2.68. The number of benzene rings is 4. The van der Waals surface area contributed by atoms with Gasteiger partial charge in [0.1, 0.15) is 0 Å². The highest BCUT2D eigenvalue weighted by molar-refractivity contribution is 7.26. The van der Waals surface area contributed by atoms with Gasteiger partial charge in [-0.3, -0.25) is 0 Å². The Morgan fingerprint density at radius 2 is 1.15 bits per heavy atom. The molecule has 2 heterocycles. The summed E-state index contributed by atoms with van der Waals surface area (Å²) in [4.78, 5) is 0. The fourth-order valence-electron chi connectivity index (χ4n) is 3.50. The lowest BCUT2D eigenvalue weighted by atomic mass is 10.0. The molecule has 0 spiro atoms. The van der Waals surface area contributed by atoms with Gasteiger partial charge in [-0.25, -0.2) is 0 Å². The van der Waals surface area contributed by atoms with Crippen LogP contribution in [0.3, 0.4) is 0 Å². The molecule has 0 aliphatic rings. The average Bonchev–Trinajstić information content (AvgIpc) is 3.39. The third-order valence-electron chi connectivity index (χ3n) is 4.68. The first kappa shape index (κ1) is 15.6. The Morgan fingerprint density at radius 3 is 1.88 bits per heavy atom. The van der Waals surface area contributed by atoms with E-state index >= 15 is 0 Å². The molecule has 4 aromatic carbocycles. The first-order chi connectivity index (χ1) is 12.9. The SMILES string of the molecule is c1ccc2c(c1)ccc1c2sc2ccc3ccccc3c21.c1ccsc1. The van der Waals surface area contributed by atoms with Gasteiger partial charge in [0.25, 0.3) is 0 Å². The van der Waals surface area contributed by atoms with E-state index in [0.717, 1.165) is 0 Å². The molecule has 0 radical (unpaired) electrons. The summed E-state index contributed by atoms with van der Waals surface area (Å²) in [6, 6.07) is 30.4. The molecule has 2 heteroatoms. The zero-order valence-electron chi connectivity index (χ0n) is 14.1. The molecule has 2 aromatic heterocycles. The van der Waals surface area contributed by atoms with Gasteiger partial charge in [0.05, 0.1) is 0 Å². The fourth-order valence-corrected chi connectivity index (χ4v) is 5.21. The molecule has 0 N–H and O–H groups in total. The lowest BCUT2D eigenvalue weighted by molar-refractivity contribution is 1.81. The predicted molar refractivity (Wildman–Crippen MR) is 119 cm³/mol. The van der Waals surface area contributed by atoms with Crippen molar-refractivity contribution in [2.75, 3.05) is 0 Å². The van der Waals surface area contributed by atoms with Gasteiger partial charge in [0.2, 0.25) is 0 Å². The standard InChI is InChI=1S/C20H12S.C4H4S/c1-3-7-15-13(5-1)10-12-18-19(15)17-11-9-14-6-2-4-8-16(14)20(17)21-18;1-2-4-5-3-1/h1-12H;1-4H. The maximum Gasteiger partial charge on any atom is 0.0434 e. The Labute approximate surface area is 160 Å². The van der Waals surface area contributed by atoms with E-state index in [2.05, 4.69) is 72.8 Å². The molecule has 0 saturated heterocycles. The summed E-state index contributed by atoms with van der Waals surface area (Å²) in [6.07, 6.45) is 0. The van der Waals surface area contributed by atoms with Crippen LogP contribution in [0.2, 0.25) is 0 Å². The number of thiophene rings is 2. The first-order valence-electron chi connectivity index (χ1n) is 8.61. The smallest absolute Gasteiger partial charge is 0.0434 e. The van der Waals surface area contributed by atoms with Gasteiger partial charge >= 0.3 is 0 Å². The molecule has 6 rings (SSSR count). The highest BCUT2D eigenvalue weighted by Gasteiger charge is 2.10. The molecule has 0 aliphatic carbocycles. The molecule has 0 atom stereocenters. The molecule has 0 unspecified atom stereocenters. The monoisotopic (exact) mass is 368 g/mol. The summed E-state index contributed by atoms with van der Waals surface area (Å²) in [5.74, 6) is 0. The minimum atomic E-state index is 1.32. The van der Waals surface area contributed by atoms with Gasteiger partial charge in [0, 0.05) is 20.2 Å². The van der Waals surface area contributed by atoms with E-state index in [9.17, 15) is 0 Å². The van der Waals surface area contributed by atoms with Crippen LogP contribution < -0.4 is 0 Å². The van der Waals surface area contributed by atoms with E-state index in [-0.39, 0.29) is 0 Å². The number of fused-ring (bicyclic) bond motifs is 7. The Bertz CT molecular complexity index is 1310. The molecule has 0 fully saturated rings. The van der Waals surface area contributed by atoms with E-state index in [0.29, 0.717) is 0 Å². The summed E-state index contributed by atoms with van der Waals surface area (Å²) in [7, 11) is 0. The lowest BCUT2D eigenvalue weighted by Gasteiger charge is -2.01. The second-order valence-corrected chi connectivity index (χ2v) is 8.09. The van der Waals surface area contributed by atoms with Crippen LogP contribution in [0.25, 0.3) is 41.7 Å². The maximum atomic E-state index is 2.28. The Balaban J connectivity index is 0.000000262. The molecule has 6 aromatic rings. The van der Waals surface area contributed by atoms with E-state index in [4.69, 9.17) is 0 Å². The van der Waals surface area contributed by atoms with Gasteiger partial charge < -0.3 is 0 Å². The average molecular weight is 369 g/mol. The molecule has 26 heavy (non-hydrogen) atoms. The van der Waals surface area contributed by atoms with Crippen molar-refractivity contribution in [3.05, 3.63) is 95.7 Å². The van der Waals surface area contributed by atoms with Crippen molar-refractivity contribution in [1.29, 1.82) is 0 Å². The minimum absolute atomic E-state index is 1.32. The van der Waals surface area contributed by atoms with Crippen molar-refractivity contribution < 1.29 is 0 Å². The van der Waals surface area contributed by atoms with Crippen molar-refractivity contribution in [1.82, 2.24) is 0 Å². The third kappa shape index (κ3) is 2.59. The van der Waals surface area contributed by atoms with Gasteiger partial charge in [-0.15, -0.1) is 11.3 Å². The van der Waals surface area contributed by atoms with Crippen LogP contribution >= 0.6 is 22.7 Å². The zero-order valence-corrected chi connectivity index (χ0v) is 15.7. The molecule has 0 amide bonds. The lowest BCUT2D eigenvalue weighted by Crippen LogP contribution is -1.74. The van der Waals surface area contributed by atoms with Gasteiger partial charge in [0.15, 0.2) is 0 Å². The molecule has 0 nitrogen and oxygen atoms in total. The Morgan fingerprint density at radius 1 is 0.500 bits per heavy atom. The van der Waals surface area contributed by atoms with E-state index in [1.54, 1.807) is 11.3 Å². The largest absolute Gasteiger partial charge is 0.152 e. The van der Waals surface area contributed by atoms with E-state index < -0.39 is 0 Å². The van der Waals surface area contributed by atoms with Crippen molar-refractivity contribution >= 4 is 64.4 Å². The van der Waals surface area contributed by atoms with Crippen LogP contribution in [0.1, 0.15) is 0 Å². The fraction of sp³-hybridized carbons (Fsp3) is 0. The normalized spacial score (nSPS) is 11.1. The summed E-state index contributed by atoms with van der Waals surface area (Å²) < 4.78 is 2.78. The summed E-state index contributed by atoms with van der Waals surface area (Å²) in [5, 5.41) is 12.2. The van der Waals surface area contributed by atoms with Crippen molar-refractivity contribution in [2.24, 2.45) is 0 Å². The van der Waals surface area contributed by atoms with Crippen LogP contribution in [0.15, 0.2) is 95.7 Å². The second kappa shape index (κ2) is 6.56. The maximum absolute atomic E-state index is 2.28. The van der Waals surface area contributed by atoms with Crippen LogP contribution in [0.4, 0.5) is 0 Å². The quantitative estimate of drug-likeness (QED) is 0.254. The van der Waals surface area contributed by atoms with Crippen LogP contribution in [0, 0.1) is 0 Å². The highest BCUT2D eigenvalue weighted by atomic mass is 32.1. The topological polar surface area (TPSA) is 0 Å². The van der Waals surface area contributed by atoms with Gasteiger partial charge in [-0.1, -0.05) is 78.9 Å². The number of rotatable bonds is 0. The van der Waals surface area contributed by atoms with Crippen LogP contribution in [-0.4, -0.2) is 0 Å². The van der Waals surface area contributed by atoms with E-state index in [1.807, 2.05) is 34.2 Å². The second-order valence-electron chi connectivity index (χ2n) is 6.22. The highest BCUT2D eigenvalue weighted by Crippen LogP contribution is 2.41. The molecular formula is C24H16S2. The van der Waals surface area contributed by atoms with Gasteiger partial charge in [-0.2, -0.15) is 11.3 Å². The van der Waals surface area contributed by atoms with Crippen molar-refractivity contribution in [3.63, 3.8) is 0 Å². The number of hydrogen-bond donors (Lipinski definition) is 0. The molecule has 0 bridgehead atoms. The molecule has 124 valence electrons. The molecule has 0 saturated carbocycles. The third-order valence-corrected chi connectivity index (χ3v) is 6.51. The molecular weight excluding hydrogens is 352 g/mol. The summed E-state index contributed by atoms with van der Waals surface area (Å²) in [5.41, 5.74) is 0. The predicted octanol–water partition coefficient (Wildman–Crippen LogP) is 8.11. The van der Waals surface area contributed by atoms with Crippen LogP contribution in [-0.2, 0) is 0 Å². The van der Waals surface area contributed by atoms with Gasteiger partial charge in [-0.05, 0) is 38.4 Å². The first-order valence-corrected chi connectivity index (χ1v) is 10.4. The minimum Gasteiger partial charge on any atom is -0.152 e. The van der Waals surface area contributed by atoms with Crippen molar-refractivity contribution in [2.45, 2.75) is 0 Å². The van der Waals surface area contributed by atoms with Crippen LogP contribution in [0.5, 0.6) is 0 Å². The zero-order chi connectivity index (χ0) is 17.3. The van der Waals surface area contributed by atoms with Crippen molar-refractivity contribution in [3.8, 4) is 0 Å². The summed E-state index contributed by atoms with van der Waals surface area (Å²) >= 11 is 3.62. The summed E-state index contributed by atoms with van der Waals surface area (Å²) in [6.45, 7) is 0.